The van der Waals surface area contributed by atoms with Crippen molar-refractivity contribution in [2.75, 3.05) is 25.0 Å². The van der Waals surface area contributed by atoms with Gasteiger partial charge >= 0.3 is 5.97 Å². The average Bonchev–Trinajstić information content (AvgIpc) is 2.79. The number of halogens is 1. The largest absolute Gasteiger partial charge is 0.480 e. The molecular weight excluding hydrogens is 508 g/mol. The number of anilines is 1. The summed E-state index contributed by atoms with van der Waals surface area (Å²) in [5, 5.41) is 12.9. The molecule has 0 aliphatic carbocycles. The van der Waals surface area contributed by atoms with E-state index < -0.39 is 34.0 Å². The standard InChI is InChI=1S/C23H36N6O5S.ClH/c1-14-8-10-29(18(12-14)22(31)32)21(30)17(6-4-9-26-23(24)25)28-35(33,34)19-7-3-5-16-11-15(2)13-27-20(16)19;/h3,5,7,14-15,17-18,27-28H,4,6,8-13H2,1-2H3,(H,31,32)(H4,24,25,26);1H/t14-,15?,17?,18-;/m1./s1. The number of rotatable bonds is 9. The molecule has 11 nitrogen and oxygen atoms in total. The Balaban J connectivity index is 0.00000456. The Labute approximate surface area is 218 Å². The Bertz CT molecular complexity index is 1080. The molecule has 2 heterocycles. The Morgan fingerprint density at radius 3 is 2.67 bits per heavy atom. The van der Waals surface area contributed by atoms with Crippen LogP contribution in [0.4, 0.5) is 5.69 Å². The molecule has 4 atom stereocenters. The molecule has 0 radical (unpaired) electrons. The maximum atomic E-state index is 13.5. The maximum absolute atomic E-state index is 13.5. The van der Waals surface area contributed by atoms with E-state index in [1.807, 2.05) is 13.0 Å². The zero-order valence-electron chi connectivity index (χ0n) is 20.6. The molecule has 2 aliphatic heterocycles. The lowest BCUT2D eigenvalue weighted by Crippen LogP contribution is -2.56. The number of para-hydroxylation sites is 1. The van der Waals surface area contributed by atoms with Gasteiger partial charge < -0.3 is 26.8 Å². The second-order valence-corrected chi connectivity index (χ2v) is 11.3. The van der Waals surface area contributed by atoms with Crippen LogP contribution in [-0.2, 0) is 26.0 Å². The monoisotopic (exact) mass is 544 g/mol. The molecule has 0 spiro atoms. The Morgan fingerprint density at radius 1 is 1.28 bits per heavy atom. The number of fused-ring (bicyclic) bond motifs is 1. The number of nitrogens with zero attached hydrogens (tertiary/aromatic N) is 2. The van der Waals surface area contributed by atoms with Crippen LogP contribution in [0, 0.1) is 11.8 Å². The summed E-state index contributed by atoms with van der Waals surface area (Å²) in [7, 11) is -4.10. The molecule has 2 unspecified atom stereocenters. The second-order valence-electron chi connectivity index (χ2n) is 9.62. The van der Waals surface area contributed by atoms with Crippen molar-refractivity contribution in [3.63, 3.8) is 0 Å². The smallest absolute Gasteiger partial charge is 0.326 e. The summed E-state index contributed by atoms with van der Waals surface area (Å²) in [5.74, 6) is -1.22. The number of carboxylic acid groups (broad SMARTS) is 1. The minimum absolute atomic E-state index is 0. The number of hydrogen-bond donors (Lipinski definition) is 5. The van der Waals surface area contributed by atoms with Crippen molar-refractivity contribution < 1.29 is 23.1 Å². The summed E-state index contributed by atoms with van der Waals surface area (Å²) in [4.78, 5) is 30.7. The average molecular weight is 545 g/mol. The van der Waals surface area contributed by atoms with Gasteiger partial charge in [0.05, 0.1) is 5.69 Å². The number of benzene rings is 1. The second kappa shape index (κ2) is 12.6. The Morgan fingerprint density at radius 2 is 2.00 bits per heavy atom. The van der Waals surface area contributed by atoms with Crippen molar-refractivity contribution in [1.82, 2.24) is 9.62 Å². The van der Waals surface area contributed by atoms with Gasteiger partial charge in [0.25, 0.3) is 0 Å². The van der Waals surface area contributed by atoms with E-state index in [-0.39, 0.29) is 48.7 Å². The summed E-state index contributed by atoms with van der Waals surface area (Å²) in [5.41, 5.74) is 12.2. The molecule has 1 amide bonds. The Hall–Kier alpha value is -2.57. The molecule has 2 aliphatic rings. The first-order valence-corrected chi connectivity index (χ1v) is 13.4. The highest BCUT2D eigenvalue weighted by Gasteiger charge is 2.39. The topological polar surface area (TPSA) is 180 Å². The molecule has 0 bridgehead atoms. The molecule has 13 heteroatoms. The van der Waals surface area contributed by atoms with E-state index in [0.29, 0.717) is 37.4 Å². The number of aliphatic carboxylic acids is 1. The molecule has 0 saturated carbocycles. The fourth-order valence-electron chi connectivity index (χ4n) is 4.72. The molecule has 7 N–H and O–H groups in total. The third-order valence-electron chi connectivity index (χ3n) is 6.57. The summed E-state index contributed by atoms with van der Waals surface area (Å²) in [6.45, 7) is 5.14. The highest BCUT2D eigenvalue weighted by Crippen LogP contribution is 2.31. The van der Waals surface area contributed by atoms with Crippen LogP contribution in [0.2, 0.25) is 0 Å². The van der Waals surface area contributed by atoms with Crippen LogP contribution in [0.15, 0.2) is 28.1 Å². The van der Waals surface area contributed by atoms with Gasteiger partial charge in [-0.15, -0.1) is 12.4 Å². The number of amides is 1. The van der Waals surface area contributed by atoms with Crippen LogP contribution >= 0.6 is 12.4 Å². The number of carbonyl (C=O) groups is 2. The van der Waals surface area contributed by atoms with Crippen LogP contribution < -0.4 is 21.5 Å². The van der Waals surface area contributed by atoms with Crippen LogP contribution in [0.3, 0.4) is 0 Å². The van der Waals surface area contributed by atoms with Crippen molar-refractivity contribution in [2.45, 2.75) is 62.9 Å². The van der Waals surface area contributed by atoms with E-state index >= 15 is 0 Å². The third-order valence-corrected chi connectivity index (χ3v) is 8.09. The zero-order valence-corrected chi connectivity index (χ0v) is 22.3. The van der Waals surface area contributed by atoms with Crippen molar-refractivity contribution in [1.29, 1.82) is 0 Å². The molecule has 1 saturated heterocycles. The molecule has 1 aromatic carbocycles. The predicted octanol–water partition coefficient (Wildman–Crippen LogP) is 1.12. The summed E-state index contributed by atoms with van der Waals surface area (Å²) in [6, 6.07) is 2.94. The van der Waals surface area contributed by atoms with E-state index in [9.17, 15) is 23.1 Å². The minimum Gasteiger partial charge on any atom is -0.480 e. The normalized spacial score (nSPS) is 22.4. The molecule has 1 fully saturated rings. The molecule has 1 aromatic rings. The number of nitrogens with two attached hydrogens (primary N) is 2. The summed E-state index contributed by atoms with van der Waals surface area (Å²) >= 11 is 0. The van der Waals surface area contributed by atoms with E-state index in [1.165, 1.54) is 11.0 Å². The van der Waals surface area contributed by atoms with Gasteiger partial charge in [-0.05, 0) is 55.6 Å². The van der Waals surface area contributed by atoms with Gasteiger partial charge in [-0.2, -0.15) is 4.72 Å². The first-order chi connectivity index (χ1) is 16.5. The summed E-state index contributed by atoms with van der Waals surface area (Å²) in [6.07, 6.45) is 2.17. The van der Waals surface area contributed by atoms with Gasteiger partial charge in [-0.25, -0.2) is 13.2 Å². The number of aliphatic imine (C=N–C) groups is 1. The van der Waals surface area contributed by atoms with Crippen LogP contribution in [0.5, 0.6) is 0 Å². The van der Waals surface area contributed by atoms with Gasteiger partial charge in [0.15, 0.2) is 5.96 Å². The van der Waals surface area contributed by atoms with Crippen molar-refractivity contribution in [3.05, 3.63) is 23.8 Å². The number of carboxylic acids is 1. The van der Waals surface area contributed by atoms with Gasteiger partial charge in [0.2, 0.25) is 15.9 Å². The van der Waals surface area contributed by atoms with Gasteiger partial charge in [-0.3, -0.25) is 9.79 Å². The van der Waals surface area contributed by atoms with E-state index in [1.54, 1.807) is 6.07 Å². The first-order valence-electron chi connectivity index (χ1n) is 12.0. The van der Waals surface area contributed by atoms with Gasteiger partial charge in [-0.1, -0.05) is 26.0 Å². The van der Waals surface area contributed by atoms with Crippen LogP contribution in [0.1, 0.15) is 45.1 Å². The van der Waals surface area contributed by atoms with E-state index in [4.69, 9.17) is 11.5 Å². The molecule has 3 rings (SSSR count). The third kappa shape index (κ3) is 7.23. The zero-order chi connectivity index (χ0) is 25.8. The maximum Gasteiger partial charge on any atom is 0.326 e. The Kier molecular flexibility index (Phi) is 10.4. The van der Waals surface area contributed by atoms with Gasteiger partial charge in [0, 0.05) is 19.6 Å². The highest BCUT2D eigenvalue weighted by atomic mass is 35.5. The number of piperidine rings is 1. The van der Waals surface area contributed by atoms with Crippen molar-refractivity contribution >= 4 is 46.0 Å². The fraction of sp³-hybridized carbons (Fsp3) is 0.609. The van der Waals surface area contributed by atoms with Crippen LogP contribution in [-0.4, -0.2) is 68.0 Å². The number of guanidine groups is 1. The predicted molar refractivity (Wildman–Crippen MR) is 141 cm³/mol. The SMILES string of the molecule is CC1CNc2c(cccc2S(=O)(=O)NC(CCCN=C(N)N)C(=O)N2CC[C@@H](C)C[C@@H]2C(=O)O)C1.Cl. The lowest BCUT2D eigenvalue weighted by atomic mass is 9.91. The molecule has 202 valence electrons. The molecule has 0 aromatic heterocycles. The number of sulfonamides is 1. The van der Waals surface area contributed by atoms with Crippen molar-refractivity contribution in [2.24, 2.45) is 28.3 Å². The van der Waals surface area contributed by atoms with Gasteiger partial charge in [0.1, 0.15) is 17.0 Å². The first kappa shape index (κ1) is 29.7. The molecular formula is C23H37ClN6O5S. The fourth-order valence-corrected chi connectivity index (χ4v) is 6.17. The highest BCUT2D eigenvalue weighted by molar-refractivity contribution is 7.89. The summed E-state index contributed by atoms with van der Waals surface area (Å²) < 4.78 is 29.5. The van der Waals surface area contributed by atoms with Crippen molar-refractivity contribution in [3.8, 4) is 0 Å². The number of likely N-dealkylation sites (tertiary alicyclic amines) is 1. The lowest BCUT2D eigenvalue weighted by Gasteiger charge is -2.38. The minimum atomic E-state index is -4.10. The number of carbonyl (C=O) groups excluding carboxylic acids is 1. The van der Waals surface area contributed by atoms with E-state index in [2.05, 4.69) is 22.0 Å². The lowest BCUT2D eigenvalue weighted by molar-refractivity contribution is -0.153. The number of nitrogens with one attached hydrogen (secondary N) is 2. The quantitative estimate of drug-likeness (QED) is 0.174. The van der Waals surface area contributed by atoms with E-state index in [0.717, 1.165) is 12.0 Å². The molecule has 36 heavy (non-hydrogen) atoms. The number of hydrogen-bond acceptors (Lipinski definition) is 6. The van der Waals surface area contributed by atoms with Crippen LogP contribution in [0.25, 0.3) is 0 Å².